The highest BCUT2D eigenvalue weighted by Gasteiger charge is 2.62. The van der Waals surface area contributed by atoms with Gasteiger partial charge in [0.25, 0.3) is 0 Å². The van der Waals surface area contributed by atoms with Crippen molar-refractivity contribution in [3.8, 4) is 0 Å². The van der Waals surface area contributed by atoms with Gasteiger partial charge in [-0.15, -0.1) is 0 Å². The number of fused-ring (bicyclic) bond motifs is 5. The molecule has 0 aromatic heterocycles. The fourth-order valence-corrected chi connectivity index (χ4v) is 8.77. The van der Waals surface area contributed by atoms with E-state index in [1.807, 2.05) is 6.92 Å². The van der Waals surface area contributed by atoms with Crippen LogP contribution in [0, 0.1) is 39.4 Å². The SMILES string of the molecule is C/C(C=O)=C/CC[C@@H](C)[C@H]1CC[C@@]2(C)C3=CC[C@H]4C(C)(C)[C@@H](O)CC[C@]4(C)C3=CC[C@]12C. The zero-order valence-corrected chi connectivity index (χ0v) is 21.6. The van der Waals surface area contributed by atoms with E-state index in [-0.39, 0.29) is 22.3 Å². The maximum Gasteiger partial charge on any atom is 0.145 e. The molecule has 4 rings (SSSR count). The van der Waals surface area contributed by atoms with Crippen LogP contribution >= 0.6 is 0 Å². The Kier molecular flexibility index (Phi) is 5.97. The summed E-state index contributed by atoms with van der Waals surface area (Å²) in [5, 5.41) is 10.8. The van der Waals surface area contributed by atoms with Crippen LogP contribution in [0.1, 0.15) is 99.8 Å². The summed E-state index contributed by atoms with van der Waals surface area (Å²) in [5.41, 5.74) is 4.86. The Morgan fingerprint density at radius 2 is 1.84 bits per heavy atom. The Labute approximate surface area is 196 Å². The van der Waals surface area contributed by atoms with Crippen molar-refractivity contribution in [1.82, 2.24) is 0 Å². The molecule has 178 valence electrons. The number of hydrogen-bond donors (Lipinski definition) is 1. The molecule has 0 aromatic rings. The molecule has 0 heterocycles. The van der Waals surface area contributed by atoms with Crippen molar-refractivity contribution in [3.05, 3.63) is 34.9 Å². The number of allylic oxidation sites excluding steroid dienone is 6. The molecule has 2 nitrogen and oxygen atoms in total. The van der Waals surface area contributed by atoms with Crippen molar-refractivity contribution in [3.63, 3.8) is 0 Å². The predicted octanol–water partition coefficient (Wildman–Crippen LogP) is 7.43. The maximum atomic E-state index is 10.9. The molecule has 0 radical (unpaired) electrons. The molecule has 0 aliphatic heterocycles. The van der Waals surface area contributed by atoms with Gasteiger partial charge in [-0.05, 0) is 114 Å². The lowest BCUT2D eigenvalue weighted by Gasteiger charge is -2.61. The molecule has 2 saturated carbocycles. The van der Waals surface area contributed by atoms with E-state index in [1.54, 1.807) is 11.1 Å². The predicted molar refractivity (Wildman–Crippen MR) is 133 cm³/mol. The number of aliphatic hydroxyl groups excluding tert-OH is 1. The van der Waals surface area contributed by atoms with E-state index in [0.29, 0.717) is 17.3 Å². The molecule has 1 N–H and O–H groups in total. The monoisotopic (exact) mass is 438 g/mol. The standard InChI is InChI=1S/C30H46O2/c1-20(19-31)9-8-10-21(2)22-13-17-30(7)24-11-12-25-27(3,4)26(32)15-16-28(25,5)23(24)14-18-29(22,30)6/h9,11,14,19,21-22,25-26,32H,8,10,12-13,15-18H2,1-7H3/b20-9-/t21-,22-,25+,26+,28-,29-,30+/m1/s1. The van der Waals surface area contributed by atoms with Gasteiger partial charge >= 0.3 is 0 Å². The molecule has 0 unspecified atom stereocenters. The van der Waals surface area contributed by atoms with Crippen LogP contribution in [0.15, 0.2) is 34.9 Å². The van der Waals surface area contributed by atoms with Crippen molar-refractivity contribution in [2.75, 3.05) is 0 Å². The molecular weight excluding hydrogens is 392 g/mol. The van der Waals surface area contributed by atoms with Crippen molar-refractivity contribution in [1.29, 1.82) is 0 Å². The average Bonchev–Trinajstić information content (AvgIpc) is 3.02. The van der Waals surface area contributed by atoms with E-state index in [0.717, 1.165) is 43.5 Å². The Bertz CT molecular complexity index is 860. The second kappa shape index (κ2) is 7.97. The van der Waals surface area contributed by atoms with Gasteiger partial charge in [-0.3, -0.25) is 4.79 Å². The molecule has 0 spiro atoms. The Morgan fingerprint density at radius 3 is 2.53 bits per heavy atom. The van der Waals surface area contributed by atoms with Gasteiger partial charge in [0.15, 0.2) is 0 Å². The average molecular weight is 439 g/mol. The molecule has 2 fully saturated rings. The van der Waals surface area contributed by atoms with Crippen LogP contribution in [0.4, 0.5) is 0 Å². The van der Waals surface area contributed by atoms with Crippen LogP contribution in [0.5, 0.6) is 0 Å². The summed E-state index contributed by atoms with van der Waals surface area (Å²) < 4.78 is 0. The number of aliphatic hydroxyl groups is 1. The first-order chi connectivity index (χ1) is 14.9. The fraction of sp³-hybridized carbons (Fsp3) is 0.767. The molecule has 4 aliphatic carbocycles. The lowest BCUT2D eigenvalue weighted by Crippen LogP contribution is -2.54. The van der Waals surface area contributed by atoms with E-state index < -0.39 is 0 Å². The van der Waals surface area contributed by atoms with Crippen molar-refractivity contribution in [2.45, 2.75) is 106 Å². The van der Waals surface area contributed by atoms with Gasteiger partial charge in [-0.2, -0.15) is 0 Å². The Hall–Kier alpha value is -1.15. The van der Waals surface area contributed by atoms with Gasteiger partial charge in [0, 0.05) is 0 Å². The first-order valence-electron chi connectivity index (χ1n) is 13.1. The largest absolute Gasteiger partial charge is 0.393 e. The second-order valence-corrected chi connectivity index (χ2v) is 13.0. The van der Waals surface area contributed by atoms with Crippen molar-refractivity contribution < 1.29 is 9.90 Å². The highest BCUT2D eigenvalue weighted by Crippen LogP contribution is 2.71. The van der Waals surface area contributed by atoms with Crippen LogP contribution in [0.2, 0.25) is 0 Å². The summed E-state index contributed by atoms with van der Waals surface area (Å²) in [4.78, 5) is 10.9. The van der Waals surface area contributed by atoms with E-state index in [1.165, 1.54) is 25.7 Å². The summed E-state index contributed by atoms with van der Waals surface area (Å²) in [5.74, 6) is 1.92. The van der Waals surface area contributed by atoms with E-state index in [9.17, 15) is 9.90 Å². The summed E-state index contributed by atoms with van der Waals surface area (Å²) in [6.07, 6.45) is 17.2. The Morgan fingerprint density at radius 1 is 1.12 bits per heavy atom. The first kappa shape index (κ1) is 24.0. The normalized spacial score (nSPS) is 44.0. The minimum Gasteiger partial charge on any atom is -0.393 e. The van der Waals surface area contributed by atoms with E-state index in [4.69, 9.17) is 0 Å². The van der Waals surface area contributed by atoms with Gasteiger partial charge in [0.2, 0.25) is 0 Å². The lowest BCUT2D eigenvalue weighted by molar-refractivity contribution is -0.104. The third-order valence-electron chi connectivity index (χ3n) is 11.2. The minimum absolute atomic E-state index is 0.0303. The molecule has 2 heteroatoms. The van der Waals surface area contributed by atoms with Crippen LogP contribution in [0.25, 0.3) is 0 Å². The van der Waals surface area contributed by atoms with E-state index >= 15 is 0 Å². The second-order valence-electron chi connectivity index (χ2n) is 13.0. The topological polar surface area (TPSA) is 37.3 Å². The molecular formula is C30H46O2. The number of carbonyl (C=O) groups is 1. The maximum absolute atomic E-state index is 10.9. The van der Waals surface area contributed by atoms with Gasteiger partial charge in [-0.1, -0.05) is 59.8 Å². The third kappa shape index (κ3) is 3.26. The molecule has 32 heavy (non-hydrogen) atoms. The zero-order valence-electron chi connectivity index (χ0n) is 21.6. The molecule has 0 amide bonds. The first-order valence-corrected chi connectivity index (χ1v) is 13.1. The van der Waals surface area contributed by atoms with Crippen molar-refractivity contribution in [2.24, 2.45) is 39.4 Å². The number of rotatable bonds is 5. The van der Waals surface area contributed by atoms with Crippen LogP contribution in [-0.4, -0.2) is 17.5 Å². The Balaban J connectivity index is 1.63. The van der Waals surface area contributed by atoms with Crippen LogP contribution < -0.4 is 0 Å². The number of aldehydes is 1. The number of hydrogen-bond acceptors (Lipinski definition) is 2. The van der Waals surface area contributed by atoms with Gasteiger partial charge < -0.3 is 5.11 Å². The summed E-state index contributed by atoms with van der Waals surface area (Å²) in [6.45, 7) is 16.6. The fourth-order valence-electron chi connectivity index (χ4n) is 8.77. The summed E-state index contributed by atoms with van der Waals surface area (Å²) in [6, 6.07) is 0. The molecule has 7 atom stereocenters. The number of carbonyl (C=O) groups excluding carboxylic acids is 1. The molecule has 0 saturated heterocycles. The van der Waals surface area contributed by atoms with Gasteiger partial charge in [0.05, 0.1) is 6.10 Å². The van der Waals surface area contributed by atoms with Gasteiger partial charge in [-0.25, -0.2) is 0 Å². The quantitative estimate of drug-likeness (QED) is 0.358. The highest BCUT2D eigenvalue weighted by atomic mass is 16.3. The molecule has 4 aliphatic rings. The molecule has 0 bridgehead atoms. The molecule has 0 aromatic carbocycles. The smallest absolute Gasteiger partial charge is 0.145 e. The highest BCUT2D eigenvalue weighted by molar-refractivity contribution is 5.71. The van der Waals surface area contributed by atoms with Crippen LogP contribution in [0.3, 0.4) is 0 Å². The summed E-state index contributed by atoms with van der Waals surface area (Å²) >= 11 is 0. The summed E-state index contributed by atoms with van der Waals surface area (Å²) in [7, 11) is 0. The van der Waals surface area contributed by atoms with Crippen LogP contribution in [-0.2, 0) is 4.79 Å². The van der Waals surface area contributed by atoms with Gasteiger partial charge in [0.1, 0.15) is 6.29 Å². The minimum atomic E-state index is -0.186. The lowest BCUT2D eigenvalue weighted by atomic mass is 9.44. The van der Waals surface area contributed by atoms with Crippen molar-refractivity contribution >= 4 is 6.29 Å². The van der Waals surface area contributed by atoms with E-state index in [2.05, 4.69) is 59.8 Å². The zero-order chi connectivity index (χ0) is 23.5. The third-order valence-corrected chi connectivity index (χ3v) is 11.2.